The second-order valence-electron chi connectivity index (χ2n) is 4.85. The maximum absolute atomic E-state index is 5.32. The number of nitrogens with zero attached hydrogens (tertiary/aromatic N) is 2. The molecule has 0 saturated heterocycles. The van der Waals surface area contributed by atoms with E-state index in [2.05, 4.69) is 41.3 Å². The monoisotopic (exact) mass is 414 g/mol. The SMILES string of the molecule is CCOCCCCNC(=NC)NCC(C)N(CC)CC.I. The topological polar surface area (TPSA) is 48.9 Å². The van der Waals surface area contributed by atoms with Crippen LogP contribution in [0.15, 0.2) is 4.99 Å². The van der Waals surface area contributed by atoms with Gasteiger partial charge in [0.05, 0.1) is 0 Å². The predicted molar refractivity (Wildman–Crippen MR) is 103 cm³/mol. The lowest BCUT2D eigenvalue weighted by atomic mass is 10.3. The van der Waals surface area contributed by atoms with Crippen molar-refractivity contribution in [2.45, 2.75) is 46.6 Å². The summed E-state index contributed by atoms with van der Waals surface area (Å²) in [6, 6.07) is 0.515. The van der Waals surface area contributed by atoms with Crippen molar-refractivity contribution in [2.75, 3.05) is 46.4 Å². The smallest absolute Gasteiger partial charge is 0.191 e. The van der Waals surface area contributed by atoms with E-state index in [1.54, 1.807) is 0 Å². The van der Waals surface area contributed by atoms with Crippen LogP contribution in [0, 0.1) is 0 Å². The number of likely N-dealkylation sites (N-methyl/N-ethyl adjacent to an activating group) is 1. The number of rotatable bonds is 11. The Hall–Kier alpha value is -0.0800. The Balaban J connectivity index is 0. The van der Waals surface area contributed by atoms with Crippen molar-refractivity contribution in [3.8, 4) is 0 Å². The molecule has 0 heterocycles. The third-order valence-corrected chi connectivity index (χ3v) is 3.44. The lowest BCUT2D eigenvalue weighted by Gasteiger charge is -2.27. The van der Waals surface area contributed by atoms with E-state index in [9.17, 15) is 0 Å². The Morgan fingerprint density at radius 3 is 2.33 bits per heavy atom. The number of guanidine groups is 1. The number of nitrogens with one attached hydrogen (secondary N) is 2. The summed E-state index contributed by atoms with van der Waals surface area (Å²) in [5.41, 5.74) is 0. The molecule has 0 aromatic rings. The molecule has 128 valence electrons. The minimum absolute atomic E-state index is 0. The van der Waals surface area contributed by atoms with E-state index in [0.717, 1.165) is 58.2 Å². The molecule has 0 aliphatic rings. The summed E-state index contributed by atoms with van der Waals surface area (Å²) < 4.78 is 5.32. The highest BCUT2D eigenvalue weighted by atomic mass is 127. The van der Waals surface area contributed by atoms with Crippen LogP contribution < -0.4 is 10.6 Å². The molecule has 0 amide bonds. The molecule has 0 saturated carbocycles. The van der Waals surface area contributed by atoms with Gasteiger partial charge in [-0.2, -0.15) is 0 Å². The summed E-state index contributed by atoms with van der Waals surface area (Å²) >= 11 is 0. The van der Waals surface area contributed by atoms with E-state index >= 15 is 0 Å². The fourth-order valence-electron chi connectivity index (χ4n) is 2.12. The molecule has 5 nitrogen and oxygen atoms in total. The molecule has 0 aromatic carbocycles. The van der Waals surface area contributed by atoms with Gasteiger partial charge in [-0.05, 0) is 39.8 Å². The van der Waals surface area contributed by atoms with Crippen LogP contribution in [-0.4, -0.2) is 63.3 Å². The Morgan fingerprint density at radius 2 is 1.81 bits per heavy atom. The number of hydrogen-bond donors (Lipinski definition) is 2. The predicted octanol–water partition coefficient (Wildman–Crippen LogP) is 2.32. The number of hydrogen-bond acceptors (Lipinski definition) is 3. The van der Waals surface area contributed by atoms with Crippen LogP contribution in [0.3, 0.4) is 0 Å². The molecule has 2 N–H and O–H groups in total. The first-order valence-corrected chi connectivity index (χ1v) is 7.95. The van der Waals surface area contributed by atoms with E-state index in [-0.39, 0.29) is 24.0 Å². The normalized spacial score (nSPS) is 13.0. The first kappa shape index (κ1) is 23.2. The summed E-state index contributed by atoms with van der Waals surface area (Å²) in [6.45, 7) is 14.4. The summed E-state index contributed by atoms with van der Waals surface area (Å²) in [6.07, 6.45) is 2.19. The highest BCUT2D eigenvalue weighted by Gasteiger charge is 2.09. The van der Waals surface area contributed by atoms with Crippen molar-refractivity contribution in [3.05, 3.63) is 0 Å². The molecule has 1 atom stereocenters. The Labute approximate surface area is 148 Å². The Bertz CT molecular complexity index is 248. The molecule has 1 unspecified atom stereocenters. The fraction of sp³-hybridized carbons (Fsp3) is 0.933. The molecule has 0 rings (SSSR count). The van der Waals surface area contributed by atoms with Crippen LogP contribution in [0.2, 0.25) is 0 Å². The van der Waals surface area contributed by atoms with Crippen LogP contribution in [-0.2, 0) is 4.74 Å². The van der Waals surface area contributed by atoms with E-state index < -0.39 is 0 Å². The van der Waals surface area contributed by atoms with E-state index in [4.69, 9.17) is 4.74 Å². The van der Waals surface area contributed by atoms with Gasteiger partial charge in [0.1, 0.15) is 0 Å². The van der Waals surface area contributed by atoms with Gasteiger partial charge in [0.15, 0.2) is 5.96 Å². The van der Waals surface area contributed by atoms with Crippen LogP contribution >= 0.6 is 24.0 Å². The quantitative estimate of drug-likeness (QED) is 0.236. The highest BCUT2D eigenvalue weighted by molar-refractivity contribution is 14.0. The van der Waals surface area contributed by atoms with Crippen LogP contribution in [0.5, 0.6) is 0 Å². The summed E-state index contributed by atoms with van der Waals surface area (Å²) in [7, 11) is 1.82. The van der Waals surface area contributed by atoms with Gasteiger partial charge in [-0.25, -0.2) is 0 Å². The zero-order chi connectivity index (χ0) is 15.2. The Kier molecular flexibility index (Phi) is 18.0. The van der Waals surface area contributed by atoms with Crippen LogP contribution in [0.25, 0.3) is 0 Å². The zero-order valence-corrected chi connectivity index (χ0v) is 16.8. The number of halogens is 1. The molecule has 0 aliphatic heterocycles. The van der Waals surface area contributed by atoms with E-state index in [1.807, 2.05) is 14.0 Å². The lowest BCUT2D eigenvalue weighted by Crippen LogP contribution is -2.46. The molecule has 0 aromatic heterocycles. The first-order chi connectivity index (χ1) is 9.69. The average molecular weight is 414 g/mol. The maximum atomic E-state index is 5.32. The molecule has 6 heteroatoms. The van der Waals surface area contributed by atoms with Crippen molar-refractivity contribution in [1.29, 1.82) is 0 Å². The van der Waals surface area contributed by atoms with Crippen molar-refractivity contribution in [3.63, 3.8) is 0 Å². The van der Waals surface area contributed by atoms with Gasteiger partial charge in [-0.3, -0.25) is 9.89 Å². The number of unbranched alkanes of at least 4 members (excludes halogenated alkanes) is 1. The Morgan fingerprint density at radius 1 is 1.14 bits per heavy atom. The van der Waals surface area contributed by atoms with E-state index in [1.165, 1.54) is 0 Å². The zero-order valence-electron chi connectivity index (χ0n) is 14.4. The van der Waals surface area contributed by atoms with Crippen LogP contribution in [0.1, 0.15) is 40.5 Å². The van der Waals surface area contributed by atoms with Crippen molar-refractivity contribution in [1.82, 2.24) is 15.5 Å². The molecular formula is C15H35IN4O. The highest BCUT2D eigenvalue weighted by Crippen LogP contribution is 1.96. The second kappa shape index (κ2) is 16.3. The minimum atomic E-state index is 0. The molecule has 0 bridgehead atoms. The number of aliphatic imine (C=N–C) groups is 1. The van der Waals surface area contributed by atoms with Gasteiger partial charge >= 0.3 is 0 Å². The van der Waals surface area contributed by atoms with Gasteiger partial charge in [-0.15, -0.1) is 24.0 Å². The van der Waals surface area contributed by atoms with Gasteiger partial charge < -0.3 is 15.4 Å². The number of ether oxygens (including phenoxy) is 1. The molecule has 21 heavy (non-hydrogen) atoms. The third kappa shape index (κ3) is 12.2. The maximum Gasteiger partial charge on any atom is 0.191 e. The van der Waals surface area contributed by atoms with Gasteiger partial charge in [0, 0.05) is 39.4 Å². The van der Waals surface area contributed by atoms with Crippen LogP contribution in [0.4, 0.5) is 0 Å². The third-order valence-electron chi connectivity index (χ3n) is 3.44. The second-order valence-corrected chi connectivity index (χ2v) is 4.85. The van der Waals surface area contributed by atoms with Gasteiger partial charge in [-0.1, -0.05) is 13.8 Å². The first-order valence-electron chi connectivity index (χ1n) is 7.95. The van der Waals surface area contributed by atoms with Gasteiger partial charge in [0.2, 0.25) is 0 Å². The summed E-state index contributed by atoms with van der Waals surface area (Å²) in [5.74, 6) is 0.889. The van der Waals surface area contributed by atoms with Gasteiger partial charge in [0.25, 0.3) is 0 Å². The largest absolute Gasteiger partial charge is 0.382 e. The van der Waals surface area contributed by atoms with Crippen molar-refractivity contribution < 1.29 is 4.74 Å². The van der Waals surface area contributed by atoms with Crippen molar-refractivity contribution in [2.24, 2.45) is 4.99 Å². The standard InChI is InChI=1S/C15H34N4O.HI/c1-6-19(7-2)14(4)13-18-15(16-5)17-11-9-10-12-20-8-3;/h14H,6-13H2,1-5H3,(H2,16,17,18);1H. The molecule has 0 aliphatic carbocycles. The minimum Gasteiger partial charge on any atom is -0.382 e. The summed E-state index contributed by atoms with van der Waals surface area (Å²) in [5, 5.41) is 6.73. The molecule has 0 radical (unpaired) electrons. The van der Waals surface area contributed by atoms with Crippen molar-refractivity contribution >= 4 is 29.9 Å². The molecule has 0 fully saturated rings. The fourth-order valence-corrected chi connectivity index (χ4v) is 2.12. The summed E-state index contributed by atoms with van der Waals surface area (Å²) in [4.78, 5) is 6.68. The molecular weight excluding hydrogens is 379 g/mol. The average Bonchev–Trinajstić information content (AvgIpc) is 2.47. The molecule has 0 spiro atoms. The lowest BCUT2D eigenvalue weighted by molar-refractivity contribution is 0.143. The van der Waals surface area contributed by atoms with E-state index in [0.29, 0.717) is 6.04 Å².